The Hall–Kier alpha value is -4.41. The fraction of sp³-hybridized carbons (Fsp3) is 0.280. The first-order valence-electron chi connectivity index (χ1n) is 11.0. The van der Waals surface area contributed by atoms with E-state index in [-0.39, 0.29) is 39.2 Å². The van der Waals surface area contributed by atoms with Crippen LogP contribution in [-0.4, -0.2) is 27.1 Å². The Balaban J connectivity index is 2.20. The van der Waals surface area contributed by atoms with Gasteiger partial charge in [-0.2, -0.15) is 36.7 Å². The molecule has 0 aliphatic carbocycles. The third-order valence-electron chi connectivity index (χ3n) is 5.16. The summed E-state index contributed by atoms with van der Waals surface area (Å²) < 4.78 is 95.1. The van der Waals surface area contributed by atoms with Gasteiger partial charge in [0.25, 0.3) is 11.8 Å². The number of nitrogens with zero attached hydrogens (tertiary/aromatic N) is 3. The molecule has 2 aromatic carbocycles. The fourth-order valence-electron chi connectivity index (χ4n) is 3.57. The van der Waals surface area contributed by atoms with E-state index in [1.54, 1.807) is 20.8 Å². The van der Waals surface area contributed by atoms with Gasteiger partial charge in [-0.15, -0.1) is 0 Å². The number of anilines is 1. The molecule has 0 radical (unpaired) electrons. The number of aryl methyl sites for hydroxylation is 1. The summed E-state index contributed by atoms with van der Waals surface area (Å²) in [6, 6.07) is 5.68. The topological polar surface area (TPSA) is 99.8 Å². The number of hydrogen-bond acceptors (Lipinski definition) is 4. The van der Waals surface area contributed by atoms with Crippen LogP contribution in [0.1, 0.15) is 64.0 Å². The fourth-order valence-corrected chi connectivity index (χ4v) is 3.57. The summed E-state index contributed by atoms with van der Waals surface area (Å²) in [6.45, 7) is 6.37. The van der Waals surface area contributed by atoms with Crippen LogP contribution < -0.4 is 10.6 Å². The van der Waals surface area contributed by atoms with Gasteiger partial charge in [0, 0.05) is 11.6 Å². The molecule has 0 atom stereocenters. The lowest BCUT2D eigenvalue weighted by atomic mass is 10.0. The van der Waals surface area contributed by atoms with E-state index >= 15 is 0 Å². The number of hydrogen-bond donors (Lipinski definition) is 2. The molecular formula is C25H20F7N5O2. The molecule has 1 heterocycles. The molecule has 0 aliphatic rings. The van der Waals surface area contributed by atoms with Gasteiger partial charge in [-0.3, -0.25) is 9.59 Å². The minimum atomic E-state index is -5.21. The van der Waals surface area contributed by atoms with E-state index in [2.05, 4.69) is 15.7 Å². The minimum Gasteiger partial charge on any atom is -0.347 e. The minimum absolute atomic E-state index is 0.0371. The van der Waals surface area contributed by atoms with Crippen molar-refractivity contribution in [3.8, 4) is 11.8 Å². The molecule has 3 rings (SSSR count). The van der Waals surface area contributed by atoms with Crippen molar-refractivity contribution in [1.29, 1.82) is 5.26 Å². The molecule has 3 aromatic rings. The van der Waals surface area contributed by atoms with Crippen molar-refractivity contribution in [3.05, 3.63) is 75.9 Å². The highest BCUT2D eigenvalue weighted by Gasteiger charge is 2.39. The molecule has 0 spiro atoms. The van der Waals surface area contributed by atoms with Crippen LogP contribution in [0.4, 0.5) is 36.4 Å². The molecule has 39 heavy (non-hydrogen) atoms. The molecule has 7 nitrogen and oxygen atoms in total. The lowest BCUT2D eigenvalue weighted by Gasteiger charge is -2.22. The Kier molecular flexibility index (Phi) is 7.51. The maximum absolute atomic E-state index is 13.6. The number of nitrogens with one attached hydrogen (secondary N) is 2. The van der Waals surface area contributed by atoms with Gasteiger partial charge in [0.15, 0.2) is 5.69 Å². The molecule has 0 saturated carbocycles. The second-order valence-corrected chi connectivity index (χ2v) is 9.47. The molecule has 2 N–H and O–H groups in total. The third-order valence-corrected chi connectivity index (χ3v) is 5.16. The Bertz CT molecular complexity index is 1490. The number of rotatable bonds is 4. The number of aromatic nitrogens is 2. The summed E-state index contributed by atoms with van der Waals surface area (Å²) in [6.07, 6.45) is -10.4. The first-order valence-corrected chi connectivity index (χ1v) is 11.0. The summed E-state index contributed by atoms with van der Waals surface area (Å²) in [5.41, 5.74) is -6.34. The van der Waals surface area contributed by atoms with Gasteiger partial charge in [0.1, 0.15) is 11.5 Å². The Morgan fingerprint density at radius 1 is 0.949 bits per heavy atom. The average molecular weight is 555 g/mol. The number of carbonyl (C=O) groups excluding carboxylic acids is 2. The second kappa shape index (κ2) is 10.0. The van der Waals surface area contributed by atoms with Crippen LogP contribution in [0.2, 0.25) is 0 Å². The van der Waals surface area contributed by atoms with Crippen molar-refractivity contribution < 1.29 is 40.3 Å². The van der Waals surface area contributed by atoms with E-state index in [9.17, 15) is 45.6 Å². The van der Waals surface area contributed by atoms with Crippen LogP contribution >= 0.6 is 0 Å². The maximum atomic E-state index is 13.6. The lowest BCUT2D eigenvalue weighted by Crippen LogP contribution is -2.41. The van der Waals surface area contributed by atoms with Gasteiger partial charge in [0.2, 0.25) is 0 Å². The molecule has 2 amide bonds. The zero-order chi connectivity index (χ0) is 29.5. The highest BCUT2D eigenvalue weighted by atomic mass is 19.4. The van der Waals surface area contributed by atoms with Gasteiger partial charge in [-0.25, -0.2) is 9.07 Å². The van der Waals surface area contributed by atoms with E-state index in [4.69, 9.17) is 0 Å². The van der Waals surface area contributed by atoms with Crippen LogP contribution in [0, 0.1) is 24.1 Å². The van der Waals surface area contributed by atoms with Crippen molar-refractivity contribution in [2.24, 2.45) is 0 Å². The molecule has 0 fully saturated rings. The highest BCUT2D eigenvalue weighted by Crippen LogP contribution is 2.36. The van der Waals surface area contributed by atoms with Crippen LogP contribution in [0.5, 0.6) is 0 Å². The third kappa shape index (κ3) is 6.54. The smallest absolute Gasteiger partial charge is 0.347 e. The number of benzene rings is 2. The van der Waals surface area contributed by atoms with Crippen molar-refractivity contribution in [1.82, 2.24) is 15.1 Å². The highest BCUT2D eigenvalue weighted by molar-refractivity contribution is 6.09. The first-order chi connectivity index (χ1) is 17.8. The standard InChI is InChI=1S/C25H20F7N5O2/c1-12-7-13(11-33)8-15(21(38)35-23(2,3)4)20(12)34-22(39)18-10-19(25(30,31)32)36-37(18)17-6-5-14(26)9-16(17)24(27,28)29/h5-10H,1-4H3,(H,34,39)(H,35,38). The predicted octanol–water partition coefficient (Wildman–Crippen LogP) is 6.01. The van der Waals surface area contributed by atoms with Gasteiger partial charge < -0.3 is 10.6 Å². The first kappa shape index (κ1) is 29.2. The van der Waals surface area contributed by atoms with E-state index in [1.165, 1.54) is 13.0 Å². The summed E-state index contributed by atoms with van der Waals surface area (Å²) in [5.74, 6) is -3.41. The summed E-state index contributed by atoms with van der Waals surface area (Å²) in [5, 5.41) is 17.4. The molecule has 14 heteroatoms. The monoisotopic (exact) mass is 555 g/mol. The van der Waals surface area contributed by atoms with E-state index in [0.29, 0.717) is 12.1 Å². The van der Waals surface area contributed by atoms with E-state index < -0.39 is 58.2 Å². The average Bonchev–Trinajstić information content (AvgIpc) is 3.24. The van der Waals surface area contributed by atoms with E-state index in [1.807, 2.05) is 6.07 Å². The zero-order valence-electron chi connectivity index (χ0n) is 20.8. The molecule has 1 aromatic heterocycles. The van der Waals surface area contributed by atoms with Crippen molar-refractivity contribution in [3.63, 3.8) is 0 Å². The summed E-state index contributed by atoms with van der Waals surface area (Å²) >= 11 is 0. The number of nitriles is 1. The zero-order valence-corrected chi connectivity index (χ0v) is 20.8. The van der Waals surface area contributed by atoms with Crippen LogP contribution in [0.15, 0.2) is 36.4 Å². The van der Waals surface area contributed by atoms with Crippen LogP contribution in [0.25, 0.3) is 5.69 Å². The van der Waals surface area contributed by atoms with Crippen molar-refractivity contribution in [2.45, 2.75) is 45.6 Å². The maximum Gasteiger partial charge on any atom is 0.435 e. The summed E-state index contributed by atoms with van der Waals surface area (Å²) in [4.78, 5) is 26.2. The van der Waals surface area contributed by atoms with Gasteiger partial charge >= 0.3 is 12.4 Å². The van der Waals surface area contributed by atoms with Crippen LogP contribution in [0.3, 0.4) is 0 Å². The van der Waals surface area contributed by atoms with Crippen molar-refractivity contribution in [2.75, 3.05) is 5.32 Å². The van der Waals surface area contributed by atoms with Crippen molar-refractivity contribution >= 4 is 17.5 Å². The largest absolute Gasteiger partial charge is 0.435 e. The summed E-state index contributed by atoms with van der Waals surface area (Å²) in [7, 11) is 0. The van der Waals surface area contributed by atoms with Gasteiger partial charge in [-0.05, 0) is 63.6 Å². The van der Waals surface area contributed by atoms with Crippen LogP contribution in [-0.2, 0) is 12.4 Å². The number of amides is 2. The lowest BCUT2D eigenvalue weighted by molar-refractivity contribution is -0.141. The van der Waals surface area contributed by atoms with Gasteiger partial charge in [-0.1, -0.05) is 0 Å². The predicted molar refractivity (Wildman–Crippen MR) is 125 cm³/mol. The molecule has 0 bridgehead atoms. The van der Waals surface area contributed by atoms with Gasteiger partial charge in [0.05, 0.1) is 34.1 Å². The quantitative estimate of drug-likeness (QED) is 0.385. The Morgan fingerprint density at radius 3 is 2.13 bits per heavy atom. The molecule has 0 saturated heterocycles. The molecular weight excluding hydrogens is 535 g/mol. The molecule has 0 unspecified atom stereocenters. The SMILES string of the molecule is Cc1cc(C#N)cc(C(=O)NC(C)(C)C)c1NC(=O)c1cc(C(F)(F)F)nn1-c1ccc(F)cc1C(F)(F)F. The number of halogens is 7. The molecule has 206 valence electrons. The Labute approximate surface area is 217 Å². The molecule has 0 aliphatic heterocycles. The second-order valence-electron chi connectivity index (χ2n) is 9.47. The number of alkyl halides is 6. The normalized spacial score (nSPS) is 12.2. The number of carbonyl (C=O) groups is 2. The van der Waals surface area contributed by atoms with E-state index in [0.717, 1.165) is 6.07 Å². The Morgan fingerprint density at radius 2 is 1.59 bits per heavy atom.